The smallest absolute Gasteiger partial charge is 0.416 e. The molecule has 8 heteroatoms. The predicted molar refractivity (Wildman–Crippen MR) is 128 cm³/mol. The number of nitrogens with zero attached hydrogens (tertiary/aromatic N) is 1. The van der Waals surface area contributed by atoms with Crippen molar-refractivity contribution in [2.24, 2.45) is 0 Å². The molecular formula is C27H32F3NO4. The second-order valence-corrected chi connectivity index (χ2v) is 8.25. The van der Waals surface area contributed by atoms with Gasteiger partial charge in [0.25, 0.3) is 0 Å². The summed E-state index contributed by atoms with van der Waals surface area (Å²) in [5.74, 6) is 0.372. The van der Waals surface area contributed by atoms with Crippen LogP contribution in [0.25, 0.3) is 5.57 Å². The minimum absolute atomic E-state index is 0.314. The Balaban J connectivity index is 1.46. The van der Waals surface area contributed by atoms with Crippen molar-refractivity contribution in [3.8, 4) is 5.75 Å². The number of esters is 1. The molecule has 0 aromatic heterocycles. The van der Waals surface area contributed by atoms with Crippen molar-refractivity contribution in [1.29, 1.82) is 0 Å². The van der Waals surface area contributed by atoms with Gasteiger partial charge in [0.15, 0.2) is 6.10 Å². The van der Waals surface area contributed by atoms with Crippen LogP contribution in [0, 0.1) is 0 Å². The highest BCUT2D eigenvalue weighted by molar-refractivity contribution is 5.75. The van der Waals surface area contributed by atoms with Gasteiger partial charge >= 0.3 is 12.1 Å². The molecule has 2 aromatic rings. The summed E-state index contributed by atoms with van der Waals surface area (Å²) >= 11 is 0. The minimum atomic E-state index is -4.33. The first kappa shape index (κ1) is 26.8. The Kier molecular flexibility index (Phi) is 9.74. The van der Waals surface area contributed by atoms with Gasteiger partial charge in [0.1, 0.15) is 12.4 Å². The number of hydrogen-bond donors (Lipinski definition) is 0. The molecule has 1 unspecified atom stereocenters. The number of benzene rings is 2. The van der Waals surface area contributed by atoms with Gasteiger partial charge in [0, 0.05) is 32.7 Å². The van der Waals surface area contributed by atoms with E-state index < -0.39 is 17.8 Å². The van der Waals surface area contributed by atoms with Gasteiger partial charge in [0.05, 0.1) is 12.2 Å². The largest absolute Gasteiger partial charge is 0.492 e. The summed E-state index contributed by atoms with van der Waals surface area (Å²) in [5, 5.41) is 0. The average Bonchev–Trinajstić information content (AvgIpc) is 2.85. The van der Waals surface area contributed by atoms with E-state index in [4.69, 9.17) is 14.2 Å². The van der Waals surface area contributed by atoms with Crippen molar-refractivity contribution < 1.29 is 32.2 Å². The predicted octanol–water partition coefficient (Wildman–Crippen LogP) is 5.38. The van der Waals surface area contributed by atoms with Crippen molar-refractivity contribution in [3.05, 3.63) is 71.3 Å². The van der Waals surface area contributed by atoms with E-state index in [2.05, 4.69) is 4.90 Å². The molecule has 190 valence electrons. The zero-order valence-electron chi connectivity index (χ0n) is 20.1. The van der Waals surface area contributed by atoms with Crippen LogP contribution in [-0.2, 0) is 26.9 Å². The molecule has 0 aliphatic carbocycles. The van der Waals surface area contributed by atoms with Gasteiger partial charge in [-0.05, 0) is 61.2 Å². The Bertz CT molecular complexity index is 989. The third kappa shape index (κ3) is 8.11. The summed E-state index contributed by atoms with van der Waals surface area (Å²) in [5.41, 5.74) is 1.90. The molecule has 0 spiro atoms. The first-order valence-electron chi connectivity index (χ1n) is 11.9. The summed E-state index contributed by atoms with van der Waals surface area (Å²) in [6, 6.07) is 13.1. The molecule has 0 N–H and O–H groups in total. The fourth-order valence-corrected chi connectivity index (χ4v) is 3.95. The van der Waals surface area contributed by atoms with E-state index in [1.807, 2.05) is 37.3 Å². The zero-order chi connectivity index (χ0) is 25.3. The third-order valence-corrected chi connectivity index (χ3v) is 5.79. The van der Waals surface area contributed by atoms with E-state index in [1.165, 1.54) is 12.1 Å². The second kappa shape index (κ2) is 12.7. The highest BCUT2D eigenvalue weighted by Crippen LogP contribution is 2.32. The maximum atomic E-state index is 13.0. The number of halogens is 3. The Labute approximate surface area is 204 Å². The van der Waals surface area contributed by atoms with Crippen molar-refractivity contribution in [2.45, 2.75) is 39.0 Å². The van der Waals surface area contributed by atoms with Crippen LogP contribution < -0.4 is 4.74 Å². The third-order valence-electron chi connectivity index (χ3n) is 5.79. The average molecular weight is 492 g/mol. The lowest BCUT2D eigenvalue weighted by Crippen LogP contribution is -2.32. The van der Waals surface area contributed by atoms with Gasteiger partial charge in [-0.1, -0.05) is 30.3 Å². The van der Waals surface area contributed by atoms with Gasteiger partial charge in [-0.2, -0.15) is 13.2 Å². The molecule has 2 aromatic carbocycles. The highest BCUT2D eigenvalue weighted by Gasteiger charge is 2.30. The first-order chi connectivity index (χ1) is 16.8. The summed E-state index contributed by atoms with van der Waals surface area (Å²) in [6.07, 6.45) is -1.84. The molecule has 1 aliphatic rings. The molecule has 35 heavy (non-hydrogen) atoms. The van der Waals surface area contributed by atoms with Crippen LogP contribution >= 0.6 is 0 Å². The number of rotatable bonds is 11. The molecule has 1 atom stereocenters. The van der Waals surface area contributed by atoms with Gasteiger partial charge < -0.3 is 14.2 Å². The summed E-state index contributed by atoms with van der Waals surface area (Å²) in [6.45, 7) is 6.99. The number of ether oxygens (including phenoxy) is 3. The van der Waals surface area contributed by atoms with Crippen LogP contribution in [0.3, 0.4) is 0 Å². The quantitative estimate of drug-likeness (QED) is 0.395. The molecule has 1 heterocycles. The number of alkyl halides is 3. The lowest BCUT2D eigenvalue weighted by Gasteiger charge is -2.26. The number of hydrogen-bond acceptors (Lipinski definition) is 5. The fraction of sp³-hybridized carbons (Fsp3) is 0.444. The van der Waals surface area contributed by atoms with Crippen LogP contribution in [0.1, 0.15) is 37.0 Å². The van der Waals surface area contributed by atoms with Crippen LogP contribution in [0.4, 0.5) is 13.2 Å². The first-order valence-corrected chi connectivity index (χ1v) is 11.9. The van der Waals surface area contributed by atoms with Crippen molar-refractivity contribution >= 4 is 11.5 Å². The Morgan fingerprint density at radius 1 is 1.09 bits per heavy atom. The number of carbonyl (C=O) groups excluding carboxylic acids is 1. The Morgan fingerprint density at radius 3 is 2.49 bits per heavy atom. The van der Waals surface area contributed by atoms with Crippen molar-refractivity contribution in [1.82, 2.24) is 4.90 Å². The van der Waals surface area contributed by atoms with E-state index in [-0.39, 0.29) is 5.97 Å². The molecule has 0 saturated heterocycles. The van der Waals surface area contributed by atoms with E-state index in [9.17, 15) is 18.0 Å². The highest BCUT2D eigenvalue weighted by atomic mass is 19.4. The van der Waals surface area contributed by atoms with Crippen molar-refractivity contribution in [2.75, 3.05) is 39.5 Å². The van der Waals surface area contributed by atoms with Gasteiger partial charge in [-0.15, -0.1) is 0 Å². The molecule has 0 fully saturated rings. The SMILES string of the molecule is CCOC(=O)C(Cc1ccc(OCCN2CC=C(c3cccc(C(F)(F)F)c3)CC2)cc1)OCC. The molecule has 5 nitrogen and oxygen atoms in total. The molecule has 0 amide bonds. The second-order valence-electron chi connectivity index (χ2n) is 8.25. The number of carbonyl (C=O) groups is 1. The van der Waals surface area contributed by atoms with Crippen LogP contribution in [0.5, 0.6) is 5.75 Å². The molecule has 0 radical (unpaired) electrons. The van der Waals surface area contributed by atoms with E-state index in [1.54, 1.807) is 13.0 Å². The monoisotopic (exact) mass is 491 g/mol. The topological polar surface area (TPSA) is 48.0 Å². The maximum Gasteiger partial charge on any atom is 0.416 e. The van der Waals surface area contributed by atoms with Gasteiger partial charge in [0.2, 0.25) is 0 Å². The molecule has 1 aliphatic heterocycles. The van der Waals surface area contributed by atoms with Crippen LogP contribution in [0.2, 0.25) is 0 Å². The van der Waals surface area contributed by atoms with Gasteiger partial charge in [-0.3, -0.25) is 4.90 Å². The normalized spacial score (nSPS) is 15.4. The minimum Gasteiger partial charge on any atom is -0.492 e. The lowest BCUT2D eigenvalue weighted by molar-refractivity contribution is -0.156. The van der Waals surface area contributed by atoms with Crippen LogP contribution in [-0.4, -0.2) is 56.4 Å². The molecular weight excluding hydrogens is 459 g/mol. The fourth-order valence-electron chi connectivity index (χ4n) is 3.95. The maximum absolute atomic E-state index is 13.0. The zero-order valence-corrected chi connectivity index (χ0v) is 20.1. The molecule has 0 saturated carbocycles. The van der Waals surface area contributed by atoms with E-state index >= 15 is 0 Å². The lowest BCUT2D eigenvalue weighted by atomic mass is 9.97. The Hall–Kier alpha value is -2.84. The Morgan fingerprint density at radius 2 is 1.86 bits per heavy atom. The summed E-state index contributed by atoms with van der Waals surface area (Å²) < 4.78 is 55.4. The van der Waals surface area contributed by atoms with Crippen LogP contribution in [0.15, 0.2) is 54.6 Å². The molecule has 0 bridgehead atoms. The van der Waals surface area contributed by atoms with Gasteiger partial charge in [-0.25, -0.2) is 4.79 Å². The summed E-state index contributed by atoms with van der Waals surface area (Å²) in [7, 11) is 0. The van der Waals surface area contributed by atoms with E-state index in [0.717, 1.165) is 29.5 Å². The van der Waals surface area contributed by atoms with Crippen molar-refractivity contribution in [3.63, 3.8) is 0 Å². The summed E-state index contributed by atoms with van der Waals surface area (Å²) in [4.78, 5) is 14.2. The van der Waals surface area contributed by atoms with E-state index in [0.29, 0.717) is 51.3 Å². The molecule has 3 rings (SSSR count). The standard InChI is InChI=1S/C27H32F3NO4/c1-3-33-25(26(32)34-4-2)18-20-8-10-24(11-9-20)35-17-16-31-14-12-21(13-15-31)22-6-5-7-23(19-22)27(28,29)30/h5-12,19,25H,3-4,13-18H2,1-2H3.